The molecule has 0 aliphatic heterocycles. The van der Waals surface area contributed by atoms with E-state index in [2.05, 4.69) is 4.98 Å². The zero-order valence-electron chi connectivity index (χ0n) is 9.20. The minimum atomic E-state index is -1.07. The molecule has 1 aromatic carbocycles. The molecular formula is C13H9NO4. The lowest BCUT2D eigenvalue weighted by atomic mass is 10.0. The molecule has 0 aliphatic carbocycles. The van der Waals surface area contributed by atoms with Gasteiger partial charge in [0.25, 0.3) is 0 Å². The van der Waals surface area contributed by atoms with Crippen LogP contribution < -0.4 is 0 Å². The average molecular weight is 243 g/mol. The van der Waals surface area contributed by atoms with E-state index < -0.39 is 11.9 Å². The van der Waals surface area contributed by atoms with E-state index in [9.17, 15) is 9.59 Å². The highest BCUT2D eigenvalue weighted by molar-refractivity contribution is 5.95. The lowest BCUT2D eigenvalue weighted by Gasteiger charge is -2.05. The maximum absolute atomic E-state index is 11.0. The number of rotatable bonds is 3. The molecule has 5 heteroatoms. The Hall–Kier alpha value is -2.69. The van der Waals surface area contributed by atoms with Gasteiger partial charge in [-0.25, -0.2) is 9.59 Å². The Morgan fingerprint density at radius 1 is 0.944 bits per heavy atom. The van der Waals surface area contributed by atoms with Gasteiger partial charge < -0.3 is 10.2 Å². The Morgan fingerprint density at radius 2 is 1.61 bits per heavy atom. The first-order valence-corrected chi connectivity index (χ1v) is 5.11. The van der Waals surface area contributed by atoms with E-state index in [1.807, 2.05) is 0 Å². The van der Waals surface area contributed by atoms with Gasteiger partial charge in [-0.2, -0.15) is 0 Å². The number of carboxylic acids is 2. The summed E-state index contributed by atoms with van der Waals surface area (Å²) < 4.78 is 0. The van der Waals surface area contributed by atoms with Crippen molar-refractivity contribution in [3.63, 3.8) is 0 Å². The molecule has 5 nitrogen and oxygen atoms in total. The van der Waals surface area contributed by atoms with Crippen LogP contribution in [0.15, 0.2) is 42.6 Å². The fourth-order valence-corrected chi connectivity index (χ4v) is 1.58. The Labute approximate surface area is 102 Å². The molecule has 0 saturated carbocycles. The number of carboxylic acid groups (broad SMARTS) is 2. The molecule has 0 amide bonds. The van der Waals surface area contributed by atoms with Crippen molar-refractivity contribution in [3.8, 4) is 11.3 Å². The lowest BCUT2D eigenvalue weighted by molar-refractivity contribution is 0.0686. The predicted molar refractivity (Wildman–Crippen MR) is 63.6 cm³/mol. The number of aromatic carboxylic acids is 2. The molecule has 0 bridgehead atoms. The third-order valence-corrected chi connectivity index (χ3v) is 2.44. The molecule has 2 rings (SSSR count). The van der Waals surface area contributed by atoms with Crippen molar-refractivity contribution in [1.29, 1.82) is 0 Å². The summed E-state index contributed by atoms with van der Waals surface area (Å²) in [6.45, 7) is 0. The number of carbonyl (C=O) groups is 2. The van der Waals surface area contributed by atoms with Gasteiger partial charge in [0, 0.05) is 11.8 Å². The molecule has 18 heavy (non-hydrogen) atoms. The first-order chi connectivity index (χ1) is 8.59. The van der Waals surface area contributed by atoms with Gasteiger partial charge in [0.2, 0.25) is 0 Å². The van der Waals surface area contributed by atoms with E-state index in [-0.39, 0.29) is 11.1 Å². The van der Waals surface area contributed by atoms with Gasteiger partial charge >= 0.3 is 11.9 Å². The molecule has 1 aromatic heterocycles. The van der Waals surface area contributed by atoms with Crippen molar-refractivity contribution in [3.05, 3.63) is 53.7 Å². The van der Waals surface area contributed by atoms with Crippen LogP contribution in [0.3, 0.4) is 0 Å². The quantitative estimate of drug-likeness (QED) is 0.862. The number of pyridine rings is 1. The second kappa shape index (κ2) is 4.67. The number of aromatic nitrogens is 1. The lowest BCUT2D eigenvalue weighted by Crippen LogP contribution is -2.01. The molecule has 0 atom stereocenters. The van der Waals surface area contributed by atoms with Crippen molar-refractivity contribution in [1.82, 2.24) is 4.98 Å². The smallest absolute Gasteiger partial charge is 0.337 e. The van der Waals surface area contributed by atoms with Gasteiger partial charge in [-0.05, 0) is 24.3 Å². The van der Waals surface area contributed by atoms with Crippen molar-refractivity contribution < 1.29 is 19.8 Å². The van der Waals surface area contributed by atoms with Gasteiger partial charge in [0.1, 0.15) is 0 Å². The van der Waals surface area contributed by atoms with Crippen molar-refractivity contribution >= 4 is 11.9 Å². The number of benzene rings is 1. The Kier molecular flexibility index (Phi) is 3.05. The second-order valence-electron chi connectivity index (χ2n) is 3.59. The second-order valence-corrected chi connectivity index (χ2v) is 3.59. The maximum Gasteiger partial charge on any atom is 0.337 e. The summed E-state index contributed by atoms with van der Waals surface area (Å²) in [4.78, 5) is 25.8. The molecule has 2 aromatic rings. The summed E-state index contributed by atoms with van der Waals surface area (Å²) in [5, 5.41) is 17.8. The van der Waals surface area contributed by atoms with Crippen LogP contribution >= 0.6 is 0 Å². The fourth-order valence-electron chi connectivity index (χ4n) is 1.58. The standard InChI is InChI=1S/C13H9NO4/c15-12(16)9-5-3-8(4-6-9)11-10(13(17)18)2-1-7-14-11/h1-7H,(H,15,16)(H,17,18). The van der Waals surface area contributed by atoms with E-state index in [1.54, 1.807) is 6.07 Å². The van der Waals surface area contributed by atoms with Gasteiger partial charge in [-0.15, -0.1) is 0 Å². The van der Waals surface area contributed by atoms with Crippen LogP contribution in [-0.4, -0.2) is 27.1 Å². The first kappa shape index (κ1) is 11.8. The van der Waals surface area contributed by atoms with Crippen molar-refractivity contribution in [2.45, 2.75) is 0 Å². The van der Waals surface area contributed by atoms with Crippen LogP contribution in [0.1, 0.15) is 20.7 Å². The monoisotopic (exact) mass is 243 g/mol. The summed E-state index contributed by atoms with van der Waals surface area (Å²) in [5.74, 6) is -2.10. The van der Waals surface area contributed by atoms with Crippen LogP contribution in [-0.2, 0) is 0 Å². The van der Waals surface area contributed by atoms with E-state index >= 15 is 0 Å². The van der Waals surface area contributed by atoms with Crippen LogP contribution in [0.4, 0.5) is 0 Å². The zero-order valence-corrected chi connectivity index (χ0v) is 9.20. The molecule has 0 aliphatic rings. The van der Waals surface area contributed by atoms with E-state index in [1.165, 1.54) is 36.5 Å². The zero-order chi connectivity index (χ0) is 13.1. The maximum atomic E-state index is 11.0. The highest BCUT2D eigenvalue weighted by Gasteiger charge is 2.12. The average Bonchev–Trinajstić information content (AvgIpc) is 2.39. The molecule has 0 unspecified atom stereocenters. The predicted octanol–water partition coefficient (Wildman–Crippen LogP) is 2.15. The van der Waals surface area contributed by atoms with Crippen LogP contribution in [0.25, 0.3) is 11.3 Å². The largest absolute Gasteiger partial charge is 0.478 e. The third-order valence-electron chi connectivity index (χ3n) is 2.44. The highest BCUT2D eigenvalue weighted by atomic mass is 16.4. The third kappa shape index (κ3) is 2.20. The number of hydrogen-bond acceptors (Lipinski definition) is 3. The Bertz CT molecular complexity index is 605. The van der Waals surface area contributed by atoms with Gasteiger partial charge in [-0.3, -0.25) is 4.98 Å². The topological polar surface area (TPSA) is 87.5 Å². The molecule has 2 N–H and O–H groups in total. The Morgan fingerprint density at radius 3 is 2.17 bits per heavy atom. The van der Waals surface area contributed by atoms with Gasteiger partial charge in [0.05, 0.1) is 16.8 Å². The summed E-state index contributed by atoms with van der Waals surface area (Å²) >= 11 is 0. The first-order valence-electron chi connectivity index (χ1n) is 5.11. The summed E-state index contributed by atoms with van der Waals surface area (Å²) in [5.41, 5.74) is 1.12. The molecule has 0 spiro atoms. The number of nitrogens with zero attached hydrogens (tertiary/aromatic N) is 1. The summed E-state index contributed by atoms with van der Waals surface area (Å²) in [6.07, 6.45) is 1.49. The minimum absolute atomic E-state index is 0.0839. The van der Waals surface area contributed by atoms with Crippen LogP contribution in [0.2, 0.25) is 0 Å². The normalized spacial score (nSPS) is 10.0. The van der Waals surface area contributed by atoms with Crippen molar-refractivity contribution in [2.24, 2.45) is 0 Å². The number of hydrogen-bond donors (Lipinski definition) is 2. The van der Waals surface area contributed by atoms with Crippen LogP contribution in [0.5, 0.6) is 0 Å². The van der Waals surface area contributed by atoms with E-state index in [4.69, 9.17) is 10.2 Å². The van der Waals surface area contributed by atoms with Crippen LogP contribution in [0, 0.1) is 0 Å². The minimum Gasteiger partial charge on any atom is -0.478 e. The Balaban J connectivity index is 2.49. The fraction of sp³-hybridized carbons (Fsp3) is 0. The molecule has 0 fully saturated rings. The molecule has 0 saturated heterocycles. The summed E-state index contributed by atoms with van der Waals surface area (Å²) in [7, 11) is 0. The molecule has 1 heterocycles. The molecule has 90 valence electrons. The highest BCUT2D eigenvalue weighted by Crippen LogP contribution is 2.21. The SMILES string of the molecule is O=C(O)c1ccc(-c2ncccc2C(=O)O)cc1. The van der Waals surface area contributed by atoms with Gasteiger partial charge in [0.15, 0.2) is 0 Å². The summed E-state index contributed by atoms with van der Waals surface area (Å²) in [6, 6.07) is 8.90. The molecular weight excluding hydrogens is 234 g/mol. The van der Waals surface area contributed by atoms with Crippen molar-refractivity contribution in [2.75, 3.05) is 0 Å². The van der Waals surface area contributed by atoms with E-state index in [0.29, 0.717) is 11.3 Å². The van der Waals surface area contributed by atoms with E-state index in [0.717, 1.165) is 0 Å². The molecule has 0 radical (unpaired) electrons. The van der Waals surface area contributed by atoms with Gasteiger partial charge in [-0.1, -0.05) is 12.1 Å².